The zero-order valence-electron chi connectivity index (χ0n) is 15.0. The molecule has 6 heteroatoms. The van der Waals surface area contributed by atoms with Crippen molar-refractivity contribution in [3.05, 3.63) is 65.5 Å². The van der Waals surface area contributed by atoms with Crippen LogP contribution in [0.2, 0.25) is 0 Å². The maximum atomic E-state index is 13.4. The number of amides is 1. The number of nitrogens with zero attached hydrogens (tertiary/aromatic N) is 1. The van der Waals surface area contributed by atoms with Gasteiger partial charge in [0.05, 0.1) is 5.56 Å². The normalized spacial score (nSPS) is 10.3. The molecule has 0 bridgehead atoms. The Morgan fingerprint density at radius 2 is 1.88 bits per heavy atom. The molecule has 0 saturated carbocycles. The zero-order chi connectivity index (χ0) is 18.9. The Morgan fingerprint density at radius 3 is 2.58 bits per heavy atom. The van der Waals surface area contributed by atoms with Gasteiger partial charge >= 0.3 is 5.97 Å². The molecule has 0 unspecified atom stereocenters. The van der Waals surface area contributed by atoms with Gasteiger partial charge in [-0.15, -0.1) is 0 Å². The molecule has 0 aromatic heterocycles. The van der Waals surface area contributed by atoms with Crippen LogP contribution in [0.3, 0.4) is 0 Å². The summed E-state index contributed by atoms with van der Waals surface area (Å²) in [5.74, 6) is -1.58. The molecule has 1 amide bonds. The average Bonchev–Trinajstić information content (AvgIpc) is 2.66. The molecule has 0 aliphatic carbocycles. The Balaban J connectivity index is 1.65. The number of esters is 1. The lowest BCUT2D eigenvalue weighted by Crippen LogP contribution is -2.31. The minimum atomic E-state index is -0.720. The predicted molar refractivity (Wildman–Crippen MR) is 98.8 cm³/mol. The van der Waals surface area contributed by atoms with E-state index in [1.54, 1.807) is 6.92 Å². The number of carbonyl (C=O) groups is 2. The number of nitrogens with one attached hydrogen (secondary N) is 1. The topological polar surface area (TPSA) is 58.6 Å². The van der Waals surface area contributed by atoms with Crippen LogP contribution in [-0.4, -0.2) is 38.6 Å². The van der Waals surface area contributed by atoms with E-state index < -0.39 is 11.8 Å². The Labute approximate surface area is 152 Å². The van der Waals surface area contributed by atoms with Crippen LogP contribution in [0, 0.1) is 12.7 Å². The van der Waals surface area contributed by atoms with Crippen LogP contribution < -0.4 is 10.2 Å². The maximum absolute atomic E-state index is 13.4. The quantitative estimate of drug-likeness (QED) is 0.582. The minimum Gasteiger partial charge on any atom is -0.452 e. The van der Waals surface area contributed by atoms with Crippen LogP contribution in [0.4, 0.5) is 10.1 Å². The van der Waals surface area contributed by atoms with Gasteiger partial charge in [-0.3, -0.25) is 4.79 Å². The molecule has 138 valence electrons. The lowest BCUT2D eigenvalue weighted by atomic mass is 10.1. The summed E-state index contributed by atoms with van der Waals surface area (Å²) < 4.78 is 18.3. The van der Waals surface area contributed by atoms with E-state index in [0.29, 0.717) is 12.1 Å². The van der Waals surface area contributed by atoms with Crippen molar-refractivity contribution in [1.82, 2.24) is 5.32 Å². The zero-order valence-corrected chi connectivity index (χ0v) is 15.0. The number of rotatable bonds is 8. The van der Waals surface area contributed by atoms with E-state index in [-0.39, 0.29) is 18.1 Å². The summed E-state index contributed by atoms with van der Waals surface area (Å²) >= 11 is 0. The van der Waals surface area contributed by atoms with E-state index in [2.05, 4.69) is 10.2 Å². The number of ether oxygens (including phenoxy) is 1. The average molecular weight is 358 g/mol. The summed E-state index contributed by atoms with van der Waals surface area (Å²) in [6, 6.07) is 14.0. The predicted octanol–water partition coefficient (Wildman–Crippen LogP) is 2.93. The second-order valence-corrected chi connectivity index (χ2v) is 6.00. The molecule has 0 fully saturated rings. The van der Waals surface area contributed by atoms with Gasteiger partial charge in [-0.05, 0) is 43.2 Å². The van der Waals surface area contributed by atoms with Crippen LogP contribution in [0.1, 0.15) is 22.3 Å². The van der Waals surface area contributed by atoms with Crippen LogP contribution in [0.15, 0.2) is 48.5 Å². The third-order valence-electron chi connectivity index (χ3n) is 3.93. The third kappa shape index (κ3) is 5.88. The lowest BCUT2D eigenvalue weighted by molar-refractivity contribution is -0.124. The van der Waals surface area contributed by atoms with Crippen molar-refractivity contribution >= 4 is 17.6 Å². The summed E-state index contributed by atoms with van der Waals surface area (Å²) in [5.41, 5.74) is 1.64. The Bertz CT molecular complexity index is 750. The van der Waals surface area contributed by atoms with E-state index >= 15 is 0 Å². The molecule has 0 saturated heterocycles. The van der Waals surface area contributed by atoms with Crippen molar-refractivity contribution in [3.63, 3.8) is 0 Å². The van der Waals surface area contributed by atoms with Crippen molar-refractivity contribution in [2.24, 2.45) is 0 Å². The van der Waals surface area contributed by atoms with E-state index in [4.69, 9.17) is 4.74 Å². The van der Waals surface area contributed by atoms with Gasteiger partial charge in [0, 0.05) is 25.8 Å². The van der Waals surface area contributed by atoms with E-state index in [9.17, 15) is 14.0 Å². The fraction of sp³-hybridized carbons (Fsp3) is 0.300. The summed E-state index contributed by atoms with van der Waals surface area (Å²) in [6.07, 6.45) is 0.758. The van der Waals surface area contributed by atoms with Crippen LogP contribution >= 0.6 is 0 Å². The molecular formula is C20H23FN2O3. The molecule has 2 rings (SSSR count). The Morgan fingerprint density at radius 1 is 1.15 bits per heavy atom. The smallest absolute Gasteiger partial charge is 0.338 e. The van der Waals surface area contributed by atoms with Crippen molar-refractivity contribution < 1.29 is 18.7 Å². The number of anilines is 1. The molecule has 0 spiro atoms. The first kappa shape index (κ1) is 19.4. The third-order valence-corrected chi connectivity index (χ3v) is 3.93. The largest absolute Gasteiger partial charge is 0.452 e. The van der Waals surface area contributed by atoms with E-state index in [0.717, 1.165) is 24.7 Å². The molecule has 26 heavy (non-hydrogen) atoms. The first-order chi connectivity index (χ1) is 12.5. The summed E-state index contributed by atoms with van der Waals surface area (Å²) in [7, 11) is 1.99. The molecule has 1 N–H and O–H groups in total. The number of benzene rings is 2. The fourth-order valence-corrected chi connectivity index (χ4v) is 2.34. The molecule has 0 atom stereocenters. The van der Waals surface area contributed by atoms with Gasteiger partial charge in [-0.25, -0.2) is 9.18 Å². The Kier molecular flexibility index (Phi) is 7.14. The number of para-hydroxylation sites is 1. The second kappa shape index (κ2) is 9.56. The number of aryl methyl sites for hydroxylation is 1. The highest BCUT2D eigenvalue weighted by Crippen LogP contribution is 2.11. The monoisotopic (exact) mass is 358 g/mol. The van der Waals surface area contributed by atoms with Gasteiger partial charge in [-0.1, -0.05) is 24.3 Å². The van der Waals surface area contributed by atoms with Crippen molar-refractivity contribution in [2.75, 3.05) is 31.6 Å². The second-order valence-electron chi connectivity index (χ2n) is 6.00. The highest BCUT2D eigenvalue weighted by molar-refractivity contribution is 5.91. The van der Waals surface area contributed by atoms with E-state index in [1.807, 2.05) is 37.4 Å². The SMILES string of the molecule is Cc1ccc(C(=O)OCC(=O)NCCCN(C)c2ccccc2)cc1F. The van der Waals surface area contributed by atoms with E-state index in [1.165, 1.54) is 12.1 Å². The van der Waals surface area contributed by atoms with Crippen LogP contribution in [-0.2, 0) is 9.53 Å². The standard InChI is InChI=1S/C20H23FN2O3/c1-15-9-10-16(13-18(15)21)20(25)26-14-19(24)22-11-6-12-23(2)17-7-4-3-5-8-17/h3-5,7-10,13H,6,11-12,14H2,1-2H3,(H,22,24). The van der Waals surface area contributed by atoms with Crippen LogP contribution in [0.5, 0.6) is 0 Å². The number of carbonyl (C=O) groups excluding carboxylic acids is 2. The van der Waals surface area contributed by atoms with Crippen molar-refractivity contribution in [1.29, 1.82) is 0 Å². The van der Waals surface area contributed by atoms with Gasteiger partial charge in [0.15, 0.2) is 6.61 Å². The van der Waals surface area contributed by atoms with Gasteiger partial charge < -0.3 is 15.0 Å². The van der Waals surface area contributed by atoms with Crippen LogP contribution in [0.25, 0.3) is 0 Å². The molecule has 0 aliphatic heterocycles. The number of hydrogen-bond donors (Lipinski definition) is 1. The molecular weight excluding hydrogens is 335 g/mol. The molecule has 2 aromatic carbocycles. The van der Waals surface area contributed by atoms with Gasteiger partial charge in [-0.2, -0.15) is 0 Å². The molecule has 0 radical (unpaired) electrons. The first-order valence-corrected chi connectivity index (χ1v) is 8.43. The van der Waals surface area contributed by atoms with Crippen molar-refractivity contribution in [2.45, 2.75) is 13.3 Å². The summed E-state index contributed by atoms with van der Waals surface area (Å²) in [6.45, 7) is 2.48. The maximum Gasteiger partial charge on any atom is 0.338 e. The highest BCUT2D eigenvalue weighted by atomic mass is 19.1. The highest BCUT2D eigenvalue weighted by Gasteiger charge is 2.11. The minimum absolute atomic E-state index is 0.0883. The molecule has 5 nitrogen and oxygen atoms in total. The van der Waals surface area contributed by atoms with Gasteiger partial charge in [0.25, 0.3) is 5.91 Å². The summed E-state index contributed by atoms with van der Waals surface area (Å²) in [4.78, 5) is 25.6. The lowest BCUT2D eigenvalue weighted by Gasteiger charge is -2.19. The molecule has 0 heterocycles. The summed E-state index contributed by atoms with van der Waals surface area (Å²) in [5, 5.41) is 2.70. The van der Waals surface area contributed by atoms with Gasteiger partial charge in [0.2, 0.25) is 0 Å². The number of hydrogen-bond acceptors (Lipinski definition) is 4. The number of halogens is 1. The molecule has 0 aliphatic rings. The fourth-order valence-electron chi connectivity index (χ4n) is 2.34. The Hall–Kier alpha value is -2.89. The van der Waals surface area contributed by atoms with Gasteiger partial charge in [0.1, 0.15) is 5.82 Å². The first-order valence-electron chi connectivity index (χ1n) is 8.43. The van der Waals surface area contributed by atoms with Crippen molar-refractivity contribution in [3.8, 4) is 0 Å². The molecule has 2 aromatic rings.